The van der Waals surface area contributed by atoms with Crippen LogP contribution in [0.3, 0.4) is 0 Å². The van der Waals surface area contributed by atoms with E-state index < -0.39 is 0 Å². The largest absolute Gasteiger partial charge is 0.325 e. The molecule has 2 atom stereocenters. The molecular weight excluding hydrogens is 298 g/mol. The molecule has 122 valence electrons. The van der Waals surface area contributed by atoms with Crippen molar-refractivity contribution in [1.82, 2.24) is 10.2 Å². The summed E-state index contributed by atoms with van der Waals surface area (Å²) in [7, 11) is 0. The summed E-state index contributed by atoms with van der Waals surface area (Å²) in [6.07, 6.45) is 3.71. The zero-order valence-electron chi connectivity index (χ0n) is 13.4. The molecule has 5 heteroatoms. The van der Waals surface area contributed by atoms with Gasteiger partial charge >= 0.3 is 0 Å². The maximum Gasteiger partial charge on any atom is 0.238 e. The minimum Gasteiger partial charge on any atom is -0.325 e. The van der Waals surface area contributed by atoms with Crippen molar-refractivity contribution < 1.29 is 4.79 Å². The summed E-state index contributed by atoms with van der Waals surface area (Å²) >= 11 is 0. The predicted octanol–water partition coefficient (Wildman–Crippen LogP) is 2.49. The Kier molecular flexibility index (Phi) is 5.84. The highest BCUT2D eigenvalue weighted by molar-refractivity contribution is 5.93. The number of nitrogens with zero attached hydrogens (tertiary/aromatic N) is 1. The Balaban J connectivity index is 0.00000176. The Morgan fingerprint density at radius 1 is 1.27 bits per heavy atom. The van der Waals surface area contributed by atoms with E-state index in [9.17, 15) is 4.79 Å². The van der Waals surface area contributed by atoms with Crippen LogP contribution in [0.2, 0.25) is 0 Å². The van der Waals surface area contributed by atoms with Gasteiger partial charge in [0, 0.05) is 30.9 Å². The van der Waals surface area contributed by atoms with E-state index in [2.05, 4.69) is 28.5 Å². The second-order valence-electron chi connectivity index (χ2n) is 6.53. The number of benzene rings is 1. The summed E-state index contributed by atoms with van der Waals surface area (Å²) in [5.74, 6) is 0.0970. The maximum absolute atomic E-state index is 12.3. The summed E-state index contributed by atoms with van der Waals surface area (Å²) in [5, 5.41) is 6.70. The number of hydrogen-bond donors (Lipinski definition) is 2. The van der Waals surface area contributed by atoms with Crippen molar-refractivity contribution >= 4 is 24.0 Å². The molecule has 0 aromatic heterocycles. The van der Waals surface area contributed by atoms with Gasteiger partial charge in [0.15, 0.2) is 0 Å². The van der Waals surface area contributed by atoms with Crippen molar-refractivity contribution in [2.75, 3.05) is 25.0 Å². The molecule has 2 aliphatic rings. The normalized spacial score (nSPS) is 24.5. The van der Waals surface area contributed by atoms with E-state index in [4.69, 9.17) is 0 Å². The van der Waals surface area contributed by atoms with E-state index in [-0.39, 0.29) is 18.3 Å². The molecular formula is C17H26ClN3O. The zero-order chi connectivity index (χ0) is 14.8. The van der Waals surface area contributed by atoms with Gasteiger partial charge in [-0.3, -0.25) is 9.69 Å². The molecule has 1 amide bonds. The molecule has 22 heavy (non-hydrogen) atoms. The molecule has 2 heterocycles. The third kappa shape index (κ3) is 4.22. The summed E-state index contributed by atoms with van der Waals surface area (Å²) in [5.41, 5.74) is 3.28. The van der Waals surface area contributed by atoms with Crippen LogP contribution in [0.15, 0.2) is 18.2 Å². The number of anilines is 1. The van der Waals surface area contributed by atoms with Crippen LogP contribution in [0.5, 0.6) is 0 Å². The Labute approximate surface area is 139 Å². The first-order chi connectivity index (χ1) is 10.1. The second-order valence-corrected chi connectivity index (χ2v) is 6.53. The maximum atomic E-state index is 12.3. The molecule has 3 rings (SSSR count). The van der Waals surface area contributed by atoms with E-state index >= 15 is 0 Å². The number of fused-ring (bicyclic) bond motifs is 2. The average Bonchev–Trinajstić information content (AvgIpc) is 2.76. The number of nitrogens with one attached hydrogen (secondary N) is 2. The Morgan fingerprint density at radius 2 is 2.05 bits per heavy atom. The zero-order valence-corrected chi connectivity index (χ0v) is 14.2. The number of carbonyl (C=O) groups is 1. The van der Waals surface area contributed by atoms with E-state index in [0.29, 0.717) is 18.6 Å². The van der Waals surface area contributed by atoms with Crippen molar-refractivity contribution in [3.63, 3.8) is 0 Å². The number of carbonyl (C=O) groups excluding carboxylic acids is 1. The summed E-state index contributed by atoms with van der Waals surface area (Å²) in [6.45, 7) is 6.62. The first kappa shape index (κ1) is 17.3. The summed E-state index contributed by atoms with van der Waals surface area (Å²) < 4.78 is 0. The molecule has 1 aromatic carbocycles. The van der Waals surface area contributed by atoms with Gasteiger partial charge in [-0.1, -0.05) is 17.7 Å². The predicted molar refractivity (Wildman–Crippen MR) is 92.8 cm³/mol. The van der Waals surface area contributed by atoms with Gasteiger partial charge in [-0.05, 0) is 44.7 Å². The molecule has 2 N–H and O–H groups in total. The smallest absolute Gasteiger partial charge is 0.238 e. The summed E-state index contributed by atoms with van der Waals surface area (Å²) in [6, 6.07) is 7.38. The molecule has 2 unspecified atom stereocenters. The van der Waals surface area contributed by atoms with Crippen molar-refractivity contribution in [3.05, 3.63) is 29.3 Å². The minimum absolute atomic E-state index is 0. The lowest BCUT2D eigenvalue weighted by molar-refractivity contribution is -0.117. The minimum atomic E-state index is 0. The van der Waals surface area contributed by atoms with Crippen molar-refractivity contribution in [2.45, 2.75) is 45.2 Å². The number of halogens is 1. The fourth-order valence-corrected chi connectivity index (χ4v) is 3.51. The average molecular weight is 324 g/mol. The monoisotopic (exact) mass is 323 g/mol. The molecule has 2 fully saturated rings. The molecule has 0 spiro atoms. The molecule has 2 bridgehead atoms. The van der Waals surface area contributed by atoms with Crippen molar-refractivity contribution in [1.29, 1.82) is 0 Å². The Bertz CT molecular complexity index is 535. The number of amides is 1. The van der Waals surface area contributed by atoms with Gasteiger partial charge in [-0.25, -0.2) is 0 Å². The molecule has 0 aliphatic carbocycles. The fraction of sp³-hybridized carbons (Fsp3) is 0.588. The van der Waals surface area contributed by atoms with Crippen LogP contribution in [0, 0.1) is 13.8 Å². The van der Waals surface area contributed by atoms with Crippen LogP contribution in [0.1, 0.15) is 30.4 Å². The molecule has 0 saturated carbocycles. The van der Waals surface area contributed by atoms with Crippen LogP contribution in [-0.2, 0) is 4.79 Å². The van der Waals surface area contributed by atoms with Gasteiger partial charge in [0.25, 0.3) is 0 Å². The van der Waals surface area contributed by atoms with Gasteiger partial charge in [0.05, 0.1) is 6.54 Å². The van der Waals surface area contributed by atoms with Crippen LogP contribution in [-0.4, -0.2) is 42.5 Å². The molecule has 0 radical (unpaired) electrons. The highest BCUT2D eigenvalue weighted by atomic mass is 35.5. The van der Waals surface area contributed by atoms with E-state index in [0.717, 1.165) is 30.8 Å². The number of rotatable bonds is 3. The van der Waals surface area contributed by atoms with Crippen molar-refractivity contribution in [3.8, 4) is 0 Å². The molecule has 4 nitrogen and oxygen atoms in total. The van der Waals surface area contributed by atoms with E-state index in [1.807, 2.05) is 19.1 Å². The van der Waals surface area contributed by atoms with Crippen LogP contribution in [0.25, 0.3) is 0 Å². The molecule has 2 saturated heterocycles. The summed E-state index contributed by atoms with van der Waals surface area (Å²) in [4.78, 5) is 14.6. The van der Waals surface area contributed by atoms with Gasteiger partial charge in [-0.15, -0.1) is 12.4 Å². The quantitative estimate of drug-likeness (QED) is 0.898. The second kappa shape index (κ2) is 7.44. The lowest BCUT2D eigenvalue weighted by Gasteiger charge is -2.23. The standard InChI is InChI=1S/C17H25N3O.ClH/c1-12-3-6-16(13(2)9-12)19-17(21)11-20-8-7-14-4-5-15(10-20)18-14;/h3,6,9,14-15,18H,4-5,7-8,10-11H2,1-2H3,(H,19,21);1H. The fourth-order valence-electron chi connectivity index (χ4n) is 3.51. The topological polar surface area (TPSA) is 44.4 Å². The molecule has 1 aromatic rings. The lowest BCUT2D eigenvalue weighted by atomic mass is 10.1. The van der Waals surface area contributed by atoms with Gasteiger partial charge in [-0.2, -0.15) is 0 Å². The number of aryl methyl sites for hydroxylation is 2. The first-order valence-corrected chi connectivity index (χ1v) is 7.95. The van der Waals surface area contributed by atoms with E-state index in [1.165, 1.54) is 18.4 Å². The van der Waals surface area contributed by atoms with Gasteiger partial charge < -0.3 is 10.6 Å². The van der Waals surface area contributed by atoms with Crippen LogP contribution >= 0.6 is 12.4 Å². The van der Waals surface area contributed by atoms with Crippen LogP contribution < -0.4 is 10.6 Å². The van der Waals surface area contributed by atoms with E-state index in [1.54, 1.807) is 0 Å². The van der Waals surface area contributed by atoms with Gasteiger partial charge in [0.1, 0.15) is 0 Å². The number of hydrogen-bond acceptors (Lipinski definition) is 3. The number of likely N-dealkylation sites (tertiary alicyclic amines) is 1. The Morgan fingerprint density at radius 3 is 2.82 bits per heavy atom. The van der Waals surface area contributed by atoms with Crippen molar-refractivity contribution in [2.24, 2.45) is 0 Å². The highest BCUT2D eigenvalue weighted by Gasteiger charge is 2.29. The first-order valence-electron chi connectivity index (χ1n) is 7.95. The highest BCUT2D eigenvalue weighted by Crippen LogP contribution is 2.20. The lowest BCUT2D eigenvalue weighted by Crippen LogP contribution is -2.39. The third-order valence-corrected chi connectivity index (χ3v) is 4.63. The third-order valence-electron chi connectivity index (χ3n) is 4.63. The van der Waals surface area contributed by atoms with Crippen LogP contribution in [0.4, 0.5) is 5.69 Å². The van der Waals surface area contributed by atoms with Gasteiger partial charge in [0.2, 0.25) is 5.91 Å². The SMILES string of the molecule is Cc1ccc(NC(=O)CN2CCC3CCC(C2)N3)c(C)c1.Cl. The Hall–Kier alpha value is -1.10. The molecule has 2 aliphatic heterocycles.